The highest BCUT2D eigenvalue weighted by molar-refractivity contribution is 9.11. The Hall–Kier alpha value is -0.230. The summed E-state index contributed by atoms with van der Waals surface area (Å²) in [6.45, 7) is 0. The predicted molar refractivity (Wildman–Crippen MR) is 53.8 cm³/mol. The summed E-state index contributed by atoms with van der Waals surface area (Å²) in [6, 6.07) is -0.0696. The second-order valence-electron chi connectivity index (χ2n) is 3.06. The summed E-state index contributed by atoms with van der Waals surface area (Å²) in [4.78, 5) is 0. The maximum atomic E-state index is 13.2. The van der Waals surface area contributed by atoms with Gasteiger partial charge in [-0.2, -0.15) is 0 Å². The third-order valence-corrected chi connectivity index (χ3v) is 3.43. The molecule has 1 heterocycles. The molecule has 6 heteroatoms. The van der Waals surface area contributed by atoms with Crippen LogP contribution in [0.1, 0.15) is 19.3 Å². The zero-order valence-electron chi connectivity index (χ0n) is 6.83. The number of nitrogens with zero attached hydrogens (tertiary/aromatic N) is 2. The summed E-state index contributed by atoms with van der Waals surface area (Å²) >= 11 is 4.60. The van der Waals surface area contributed by atoms with Gasteiger partial charge in [-0.05, 0) is 35.2 Å². The lowest BCUT2D eigenvalue weighted by atomic mass is 10.2. The van der Waals surface area contributed by atoms with Crippen LogP contribution in [0.3, 0.4) is 0 Å². The molecule has 0 spiro atoms. The van der Waals surface area contributed by atoms with Crippen LogP contribution in [0.2, 0.25) is 0 Å². The third kappa shape index (κ3) is 2.17. The van der Waals surface area contributed by atoms with Gasteiger partial charge in [0.1, 0.15) is 6.17 Å². The minimum atomic E-state index is -0.734. The molecular formula is C7H9BrFN3S. The highest BCUT2D eigenvalue weighted by Gasteiger charge is 2.27. The van der Waals surface area contributed by atoms with Crippen LogP contribution in [0.15, 0.2) is 3.92 Å². The molecule has 1 saturated carbocycles. The fourth-order valence-electron chi connectivity index (χ4n) is 1.50. The largest absolute Gasteiger partial charge is 0.354 e. The van der Waals surface area contributed by atoms with Crippen LogP contribution in [-0.2, 0) is 0 Å². The summed E-state index contributed by atoms with van der Waals surface area (Å²) in [5, 5.41) is 11.4. The first kappa shape index (κ1) is 9.33. The molecule has 1 fully saturated rings. The minimum Gasteiger partial charge on any atom is -0.354 e. The summed E-state index contributed by atoms with van der Waals surface area (Å²) in [5.41, 5.74) is 0. The zero-order chi connectivity index (χ0) is 9.26. The SMILES string of the molecule is F[C@@H]1CCC[C@@H]1Nc1nnc(Br)s1. The zero-order valence-corrected chi connectivity index (χ0v) is 9.24. The maximum absolute atomic E-state index is 13.2. The number of rotatable bonds is 2. The van der Waals surface area contributed by atoms with Crippen molar-refractivity contribution in [1.82, 2.24) is 10.2 Å². The predicted octanol–water partition coefficient (Wildman–Crippen LogP) is 2.60. The van der Waals surface area contributed by atoms with E-state index in [2.05, 4.69) is 31.4 Å². The number of nitrogens with one attached hydrogen (secondary N) is 1. The minimum absolute atomic E-state index is 0.0696. The van der Waals surface area contributed by atoms with E-state index < -0.39 is 6.17 Å². The number of alkyl halides is 1. The molecule has 0 radical (unpaired) electrons. The molecule has 0 bridgehead atoms. The van der Waals surface area contributed by atoms with Gasteiger partial charge < -0.3 is 5.32 Å². The standard InChI is InChI=1S/C7H9BrFN3S/c8-6-11-12-7(13-6)10-5-3-1-2-4(5)9/h4-5H,1-3H2,(H,10,12)/t4-,5+/m1/s1. The van der Waals surface area contributed by atoms with Crippen molar-refractivity contribution in [1.29, 1.82) is 0 Å². The molecule has 1 aliphatic rings. The van der Waals surface area contributed by atoms with E-state index in [1.807, 2.05) is 0 Å². The Morgan fingerprint density at radius 2 is 2.31 bits per heavy atom. The van der Waals surface area contributed by atoms with Crippen LogP contribution in [0.25, 0.3) is 0 Å². The molecule has 0 saturated heterocycles. The van der Waals surface area contributed by atoms with Crippen LogP contribution >= 0.6 is 27.3 Å². The number of aromatic nitrogens is 2. The van der Waals surface area contributed by atoms with E-state index in [0.717, 1.165) is 16.8 Å². The van der Waals surface area contributed by atoms with E-state index in [0.29, 0.717) is 11.6 Å². The molecule has 1 aliphatic carbocycles. The van der Waals surface area contributed by atoms with E-state index in [4.69, 9.17) is 0 Å². The lowest BCUT2D eigenvalue weighted by Gasteiger charge is -2.12. The molecule has 13 heavy (non-hydrogen) atoms. The molecule has 2 atom stereocenters. The molecule has 1 N–H and O–H groups in total. The topological polar surface area (TPSA) is 37.8 Å². The Morgan fingerprint density at radius 1 is 1.46 bits per heavy atom. The maximum Gasteiger partial charge on any atom is 0.206 e. The fourth-order valence-corrected chi connectivity index (χ4v) is 2.57. The highest BCUT2D eigenvalue weighted by Crippen LogP contribution is 2.27. The Bertz CT molecular complexity index is 293. The van der Waals surface area contributed by atoms with Crippen molar-refractivity contribution < 1.29 is 4.39 Å². The normalized spacial score (nSPS) is 27.8. The van der Waals surface area contributed by atoms with Crippen molar-refractivity contribution >= 4 is 32.4 Å². The van der Waals surface area contributed by atoms with E-state index in [9.17, 15) is 4.39 Å². The van der Waals surface area contributed by atoms with Crippen LogP contribution in [0, 0.1) is 0 Å². The molecule has 0 aromatic carbocycles. The van der Waals surface area contributed by atoms with Gasteiger partial charge in [0.05, 0.1) is 6.04 Å². The average molecular weight is 266 g/mol. The molecule has 1 aromatic heterocycles. The van der Waals surface area contributed by atoms with E-state index in [1.54, 1.807) is 0 Å². The van der Waals surface area contributed by atoms with E-state index >= 15 is 0 Å². The summed E-state index contributed by atoms with van der Waals surface area (Å²) in [6.07, 6.45) is 1.78. The average Bonchev–Trinajstić information content (AvgIpc) is 2.64. The second kappa shape index (κ2) is 3.88. The van der Waals surface area contributed by atoms with E-state index in [-0.39, 0.29) is 6.04 Å². The Balaban J connectivity index is 1.97. The number of halogens is 2. The Morgan fingerprint density at radius 3 is 2.85 bits per heavy atom. The smallest absolute Gasteiger partial charge is 0.206 e. The fraction of sp³-hybridized carbons (Fsp3) is 0.714. The molecule has 0 amide bonds. The van der Waals surface area contributed by atoms with Gasteiger partial charge in [-0.3, -0.25) is 0 Å². The van der Waals surface area contributed by atoms with Crippen molar-refractivity contribution in [2.75, 3.05) is 5.32 Å². The quantitative estimate of drug-likeness (QED) is 0.894. The van der Waals surface area contributed by atoms with Crippen LogP contribution in [0.5, 0.6) is 0 Å². The van der Waals surface area contributed by atoms with Crippen LogP contribution in [0.4, 0.5) is 9.52 Å². The summed E-state index contributed by atoms with van der Waals surface area (Å²) < 4.78 is 13.9. The monoisotopic (exact) mass is 265 g/mol. The van der Waals surface area contributed by atoms with Gasteiger partial charge in [0.2, 0.25) is 5.13 Å². The first-order chi connectivity index (χ1) is 6.25. The first-order valence-corrected chi connectivity index (χ1v) is 5.76. The molecule has 72 valence electrons. The Kier molecular flexibility index (Phi) is 2.78. The molecule has 0 aliphatic heterocycles. The van der Waals surface area contributed by atoms with Crippen molar-refractivity contribution in [3.05, 3.63) is 3.92 Å². The molecule has 0 unspecified atom stereocenters. The summed E-state index contributed by atoms with van der Waals surface area (Å²) in [7, 11) is 0. The van der Waals surface area contributed by atoms with Gasteiger partial charge in [-0.15, -0.1) is 10.2 Å². The van der Waals surface area contributed by atoms with Gasteiger partial charge in [-0.25, -0.2) is 4.39 Å². The van der Waals surface area contributed by atoms with Crippen LogP contribution < -0.4 is 5.32 Å². The van der Waals surface area contributed by atoms with Crippen molar-refractivity contribution in [2.45, 2.75) is 31.5 Å². The summed E-state index contributed by atoms with van der Waals surface area (Å²) in [5.74, 6) is 0. The molecule has 2 rings (SSSR count). The van der Waals surface area contributed by atoms with Crippen LogP contribution in [-0.4, -0.2) is 22.4 Å². The number of hydrogen-bond acceptors (Lipinski definition) is 4. The highest BCUT2D eigenvalue weighted by atomic mass is 79.9. The van der Waals surface area contributed by atoms with Gasteiger partial charge in [0.15, 0.2) is 3.92 Å². The number of hydrogen-bond donors (Lipinski definition) is 1. The lowest BCUT2D eigenvalue weighted by Crippen LogP contribution is -2.24. The van der Waals surface area contributed by atoms with Crippen molar-refractivity contribution in [3.8, 4) is 0 Å². The van der Waals surface area contributed by atoms with Crippen molar-refractivity contribution in [3.63, 3.8) is 0 Å². The first-order valence-electron chi connectivity index (χ1n) is 4.15. The molecule has 1 aromatic rings. The third-order valence-electron chi connectivity index (χ3n) is 2.14. The molecule has 3 nitrogen and oxygen atoms in total. The number of anilines is 1. The molecular weight excluding hydrogens is 257 g/mol. The van der Waals surface area contributed by atoms with Gasteiger partial charge >= 0.3 is 0 Å². The second-order valence-corrected chi connectivity index (χ2v) is 5.31. The lowest BCUT2D eigenvalue weighted by molar-refractivity contribution is 0.323. The van der Waals surface area contributed by atoms with E-state index in [1.165, 1.54) is 11.3 Å². The van der Waals surface area contributed by atoms with Gasteiger partial charge in [0, 0.05) is 0 Å². The Labute approximate surface area is 87.9 Å². The van der Waals surface area contributed by atoms with Gasteiger partial charge in [-0.1, -0.05) is 11.3 Å². The van der Waals surface area contributed by atoms with Crippen molar-refractivity contribution in [2.24, 2.45) is 0 Å². The van der Waals surface area contributed by atoms with Gasteiger partial charge in [0.25, 0.3) is 0 Å².